The summed E-state index contributed by atoms with van der Waals surface area (Å²) in [5.74, 6) is 0.565. The zero-order valence-electron chi connectivity index (χ0n) is 40.2. The van der Waals surface area contributed by atoms with Gasteiger partial charge < -0.3 is 5.11 Å². The van der Waals surface area contributed by atoms with Crippen molar-refractivity contribution < 1.29 is 13.3 Å². The lowest BCUT2D eigenvalue weighted by Crippen LogP contribution is -2.11. The van der Waals surface area contributed by atoms with Crippen LogP contribution in [-0.4, -0.2) is 19.6 Å². The highest BCUT2D eigenvalue weighted by molar-refractivity contribution is 5.97. The van der Waals surface area contributed by atoms with E-state index in [9.17, 15) is 5.11 Å². The molecule has 0 radical (unpaired) electrons. The van der Waals surface area contributed by atoms with Crippen LogP contribution in [0.1, 0.15) is 96.3 Å². The fourth-order valence-electron chi connectivity index (χ4n) is 7.76. The van der Waals surface area contributed by atoms with Crippen molar-refractivity contribution in [1.29, 1.82) is 0 Å². The molecule has 0 bridgehead atoms. The van der Waals surface area contributed by atoms with Gasteiger partial charge in [0, 0.05) is 31.2 Å². The first-order chi connectivity index (χ1) is 30.2. The van der Waals surface area contributed by atoms with E-state index in [0.717, 1.165) is 50.2 Å². The van der Waals surface area contributed by atoms with Crippen molar-refractivity contribution in [2.24, 2.45) is 0 Å². The smallest absolute Gasteiger partial charge is 0.149 e. The number of pyridine rings is 1. The fourth-order valence-corrected chi connectivity index (χ4v) is 7.76. The van der Waals surface area contributed by atoms with Crippen LogP contribution in [0, 0.1) is 13.7 Å². The van der Waals surface area contributed by atoms with E-state index in [1.54, 1.807) is 30.3 Å². The molecular formula is C54H53N3O. The predicted octanol–water partition coefficient (Wildman–Crippen LogP) is 14.6. The molecule has 0 amide bonds. The van der Waals surface area contributed by atoms with Gasteiger partial charge in [-0.3, -0.25) is 9.55 Å². The summed E-state index contributed by atoms with van der Waals surface area (Å²) in [6.45, 7) is 9.30. The number of hydrogen-bond acceptors (Lipinski definition) is 3. The number of para-hydroxylation sites is 1. The van der Waals surface area contributed by atoms with E-state index in [2.05, 4.69) is 71.0 Å². The molecule has 2 heterocycles. The average Bonchev–Trinajstić information content (AvgIpc) is 3.65. The van der Waals surface area contributed by atoms with Crippen molar-refractivity contribution in [3.05, 3.63) is 167 Å². The third-order valence-corrected chi connectivity index (χ3v) is 11.1. The third kappa shape index (κ3) is 7.24. The summed E-state index contributed by atoms with van der Waals surface area (Å²) >= 11 is 0. The van der Waals surface area contributed by atoms with Gasteiger partial charge in [0.05, 0.1) is 22.3 Å². The maximum absolute atomic E-state index is 12.2. The summed E-state index contributed by atoms with van der Waals surface area (Å²) in [5, 5.41) is 12.2. The normalized spacial score (nSPS) is 13.9. The molecule has 58 heavy (non-hydrogen) atoms. The molecule has 0 spiro atoms. The van der Waals surface area contributed by atoms with Crippen LogP contribution in [0.25, 0.3) is 72.7 Å². The van der Waals surface area contributed by atoms with Crippen LogP contribution in [0.15, 0.2) is 140 Å². The molecule has 8 rings (SSSR count). The lowest BCUT2D eigenvalue weighted by atomic mass is 9.83. The minimum Gasteiger partial charge on any atom is -0.507 e. The molecule has 0 aliphatic rings. The van der Waals surface area contributed by atoms with Crippen molar-refractivity contribution in [1.82, 2.24) is 14.5 Å². The molecule has 4 heteroatoms. The molecule has 4 nitrogen and oxygen atoms in total. The fraction of sp³-hybridized carbons (Fsp3) is 0.222. The zero-order chi connectivity index (χ0) is 45.9. The van der Waals surface area contributed by atoms with Crippen LogP contribution in [0.3, 0.4) is 0 Å². The van der Waals surface area contributed by atoms with Crippen LogP contribution in [0.5, 0.6) is 5.75 Å². The molecule has 0 unspecified atom stereocenters. The molecule has 6 aromatic carbocycles. The molecule has 0 aliphatic heterocycles. The molecule has 8 aromatic rings. The molecular weight excluding hydrogens is 707 g/mol. The van der Waals surface area contributed by atoms with E-state index in [4.69, 9.17) is 18.2 Å². The molecule has 0 atom stereocenters. The second kappa shape index (κ2) is 15.2. The van der Waals surface area contributed by atoms with Crippen LogP contribution >= 0.6 is 0 Å². The van der Waals surface area contributed by atoms with E-state index in [-0.39, 0.29) is 39.7 Å². The lowest BCUT2D eigenvalue weighted by Gasteiger charge is -2.22. The van der Waals surface area contributed by atoms with E-state index in [0.29, 0.717) is 33.7 Å². The summed E-state index contributed by atoms with van der Waals surface area (Å²) in [6, 6.07) is 43.1. The van der Waals surface area contributed by atoms with E-state index < -0.39 is 13.7 Å². The van der Waals surface area contributed by atoms with Gasteiger partial charge in [-0.15, -0.1) is 0 Å². The van der Waals surface area contributed by atoms with Crippen LogP contribution in [0.4, 0.5) is 0 Å². The summed E-state index contributed by atoms with van der Waals surface area (Å²) in [7, 11) is 0. The van der Waals surface area contributed by atoms with Crippen LogP contribution < -0.4 is 0 Å². The highest BCUT2D eigenvalue weighted by atomic mass is 16.3. The summed E-state index contributed by atoms with van der Waals surface area (Å²) in [5.41, 5.74) is 10.8. The minimum atomic E-state index is -2.79. The summed E-state index contributed by atoms with van der Waals surface area (Å²) in [6.07, 6.45) is 1.84. The minimum absolute atomic E-state index is 0.0242. The Bertz CT molecular complexity index is 3010. The van der Waals surface area contributed by atoms with Gasteiger partial charge in [0.2, 0.25) is 0 Å². The Hall–Kier alpha value is -6.26. The third-order valence-electron chi connectivity index (χ3n) is 11.1. The topological polar surface area (TPSA) is 50.9 Å². The Labute approximate surface area is 352 Å². The molecule has 2 aromatic heterocycles. The van der Waals surface area contributed by atoms with Gasteiger partial charge in [-0.05, 0) is 135 Å². The standard InChI is InChI=1S/C54H53N3O/c1-33(2)40-29-46(34(3)4)52(58)48(30-40)53-56-51-45(21-16-22-50(51)57(53)44-25-35(5)36(6)47(32-44)38-19-14-11-15-20-38)41-26-42(28-43(27-41)54(7,8)9)49-31-39(23-24-55-49)37-17-12-10-13-18-37/h10-34,58H,1-9H3/i5D3,6D3. The van der Waals surface area contributed by atoms with Crippen molar-refractivity contribution in [3.63, 3.8) is 0 Å². The average molecular weight is 766 g/mol. The number of nitrogens with zero attached hydrogens (tertiary/aromatic N) is 3. The Morgan fingerprint density at radius 2 is 1.34 bits per heavy atom. The second-order valence-electron chi connectivity index (χ2n) is 16.9. The number of benzene rings is 6. The Morgan fingerprint density at radius 3 is 2.02 bits per heavy atom. The number of hydrogen-bond donors (Lipinski definition) is 1. The molecule has 0 aliphatic carbocycles. The molecule has 1 N–H and O–H groups in total. The van der Waals surface area contributed by atoms with Gasteiger partial charge in [0.1, 0.15) is 11.6 Å². The van der Waals surface area contributed by atoms with Gasteiger partial charge in [0.15, 0.2) is 0 Å². The van der Waals surface area contributed by atoms with Crippen molar-refractivity contribution in [2.45, 2.75) is 79.4 Å². The monoisotopic (exact) mass is 765 g/mol. The van der Waals surface area contributed by atoms with Crippen LogP contribution in [-0.2, 0) is 5.41 Å². The van der Waals surface area contributed by atoms with Gasteiger partial charge in [0.25, 0.3) is 0 Å². The number of phenolic OH excluding ortho intramolecular Hbond substituents is 1. The lowest BCUT2D eigenvalue weighted by molar-refractivity contribution is 0.466. The Morgan fingerprint density at radius 1 is 0.621 bits per heavy atom. The zero-order valence-corrected chi connectivity index (χ0v) is 34.2. The first-order valence-electron chi connectivity index (χ1n) is 23.0. The molecule has 0 saturated carbocycles. The largest absolute Gasteiger partial charge is 0.507 e. The SMILES string of the molecule is [2H]C([2H])([2H])c1cc(-n2c(-c3cc(C(C)C)cc(C(C)C)c3O)nc3c(-c4cc(-c5cc(-c6ccccc6)ccn5)cc(C(C)(C)C)c4)cccc32)cc(-c2ccccc2)c1C([2H])([2H])[2H]. The van der Waals surface area contributed by atoms with Gasteiger partial charge in [-0.2, -0.15) is 0 Å². The van der Waals surface area contributed by atoms with Crippen LogP contribution in [0.2, 0.25) is 0 Å². The predicted molar refractivity (Wildman–Crippen MR) is 244 cm³/mol. The van der Waals surface area contributed by atoms with Gasteiger partial charge in [-0.1, -0.05) is 133 Å². The maximum atomic E-state index is 12.2. The van der Waals surface area contributed by atoms with E-state index >= 15 is 0 Å². The number of aromatic hydroxyl groups is 1. The number of aryl methyl sites for hydroxylation is 1. The number of aromatic nitrogens is 3. The number of imidazole rings is 1. The van der Waals surface area contributed by atoms with E-state index in [1.165, 1.54) is 6.07 Å². The van der Waals surface area contributed by atoms with Gasteiger partial charge in [-0.25, -0.2) is 4.98 Å². The number of rotatable bonds is 8. The second-order valence-corrected chi connectivity index (χ2v) is 16.9. The first-order valence-corrected chi connectivity index (χ1v) is 20.0. The quantitative estimate of drug-likeness (QED) is 0.168. The van der Waals surface area contributed by atoms with Crippen molar-refractivity contribution in [3.8, 4) is 67.5 Å². The number of fused-ring (bicyclic) bond motifs is 1. The first kappa shape index (κ1) is 31.8. The summed E-state index contributed by atoms with van der Waals surface area (Å²) < 4.78 is 54.0. The van der Waals surface area contributed by atoms with E-state index in [1.807, 2.05) is 85.3 Å². The Kier molecular flexibility index (Phi) is 8.35. The Balaban J connectivity index is 1.48. The maximum Gasteiger partial charge on any atom is 0.149 e. The molecule has 290 valence electrons. The van der Waals surface area contributed by atoms with Crippen molar-refractivity contribution in [2.75, 3.05) is 0 Å². The number of phenols is 1. The highest BCUT2D eigenvalue weighted by Gasteiger charge is 2.25. The highest BCUT2D eigenvalue weighted by Crippen LogP contribution is 2.44. The van der Waals surface area contributed by atoms with Crippen molar-refractivity contribution >= 4 is 11.0 Å². The molecule has 0 fully saturated rings. The summed E-state index contributed by atoms with van der Waals surface area (Å²) in [4.78, 5) is 10.3. The molecule has 0 saturated heterocycles. The van der Waals surface area contributed by atoms with Gasteiger partial charge >= 0.3 is 0 Å².